The number of nitro benzene ring substituents is 1. The van der Waals surface area contributed by atoms with Gasteiger partial charge in [-0.3, -0.25) is 10.1 Å². The summed E-state index contributed by atoms with van der Waals surface area (Å²) in [7, 11) is 1.14. The van der Waals surface area contributed by atoms with E-state index in [1.807, 2.05) is 6.07 Å². The Morgan fingerprint density at radius 1 is 1.65 bits per heavy atom. The molecule has 6 nitrogen and oxygen atoms in total. The van der Waals surface area contributed by atoms with Gasteiger partial charge in [-0.25, -0.2) is 4.79 Å². The number of hydrogen-bond acceptors (Lipinski definition) is 5. The van der Waals surface area contributed by atoms with Crippen molar-refractivity contribution in [1.29, 1.82) is 5.26 Å². The maximum Gasteiger partial charge on any atom is 0.344 e. The van der Waals surface area contributed by atoms with Crippen molar-refractivity contribution in [2.75, 3.05) is 7.11 Å². The SMILES string of the molecule is COC(=O)c1ccc(C#N)c(CBr)c1[N+](=O)[O-]. The Labute approximate surface area is 105 Å². The molecule has 0 saturated carbocycles. The minimum atomic E-state index is -0.802. The molecular weight excluding hydrogens is 292 g/mol. The number of carbonyl (C=O) groups is 1. The molecule has 0 aliphatic carbocycles. The quantitative estimate of drug-likeness (QED) is 0.369. The van der Waals surface area contributed by atoms with Crippen molar-refractivity contribution in [3.63, 3.8) is 0 Å². The zero-order valence-electron chi connectivity index (χ0n) is 8.77. The fraction of sp³-hybridized carbons (Fsp3) is 0.200. The van der Waals surface area contributed by atoms with Gasteiger partial charge in [0.05, 0.1) is 29.2 Å². The van der Waals surface area contributed by atoms with Gasteiger partial charge < -0.3 is 4.74 Å². The average Bonchev–Trinajstić information content (AvgIpc) is 2.35. The van der Waals surface area contributed by atoms with Crippen molar-refractivity contribution in [1.82, 2.24) is 0 Å². The number of hydrogen-bond donors (Lipinski definition) is 0. The number of halogens is 1. The highest BCUT2D eigenvalue weighted by Crippen LogP contribution is 2.29. The van der Waals surface area contributed by atoms with Crippen LogP contribution in [0.4, 0.5) is 5.69 Å². The van der Waals surface area contributed by atoms with Crippen molar-refractivity contribution in [2.24, 2.45) is 0 Å². The van der Waals surface area contributed by atoms with Crippen molar-refractivity contribution < 1.29 is 14.5 Å². The molecule has 0 amide bonds. The van der Waals surface area contributed by atoms with Gasteiger partial charge in [0.1, 0.15) is 5.56 Å². The van der Waals surface area contributed by atoms with Crippen LogP contribution in [0.1, 0.15) is 21.5 Å². The van der Waals surface area contributed by atoms with E-state index in [1.165, 1.54) is 12.1 Å². The second-order valence-electron chi connectivity index (χ2n) is 2.98. The molecule has 0 aliphatic rings. The van der Waals surface area contributed by atoms with Crippen LogP contribution >= 0.6 is 15.9 Å². The Hall–Kier alpha value is -1.94. The standard InChI is InChI=1S/C10H7BrN2O4/c1-17-10(14)7-3-2-6(5-12)8(4-11)9(7)13(15)16/h2-3H,4H2,1H3. The van der Waals surface area contributed by atoms with Crippen molar-refractivity contribution >= 4 is 27.6 Å². The third kappa shape index (κ3) is 2.42. The van der Waals surface area contributed by atoms with Crippen molar-refractivity contribution in [2.45, 2.75) is 5.33 Å². The lowest BCUT2D eigenvalue weighted by atomic mass is 10.0. The third-order valence-electron chi connectivity index (χ3n) is 2.12. The number of alkyl halides is 1. The summed E-state index contributed by atoms with van der Waals surface area (Å²) < 4.78 is 4.46. The number of nitriles is 1. The summed E-state index contributed by atoms with van der Waals surface area (Å²) in [5.41, 5.74) is -0.236. The van der Waals surface area contributed by atoms with E-state index in [-0.39, 0.29) is 22.0 Å². The van der Waals surface area contributed by atoms with Gasteiger partial charge in [0.15, 0.2) is 0 Å². The van der Waals surface area contributed by atoms with Crippen LogP contribution < -0.4 is 0 Å². The Bertz CT molecular complexity index is 522. The fourth-order valence-electron chi connectivity index (χ4n) is 1.36. The summed E-state index contributed by atoms with van der Waals surface area (Å²) in [5, 5.41) is 19.9. The second-order valence-corrected chi connectivity index (χ2v) is 3.54. The van der Waals surface area contributed by atoms with Gasteiger partial charge in [0.2, 0.25) is 0 Å². The molecule has 0 atom stereocenters. The molecule has 88 valence electrons. The number of methoxy groups -OCH3 is 1. The molecule has 0 fully saturated rings. The molecule has 0 spiro atoms. The van der Waals surface area contributed by atoms with Crippen LogP contribution in [0.15, 0.2) is 12.1 Å². The fourth-order valence-corrected chi connectivity index (χ4v) is 1.93. The van der Waals surface area contributed by atoms with Gasteiger partial charge in [-0.1, -0.05) is 15.9 Å². The summed E-state index contributed by atoms with van der Waals surface area (Å²) in [6.07, 6.45) is 0. The van der Waals surface area contributed by atoms with E-state index in [0.29, 0.717) is 0 Å². The number of nitrogens with zero attached hydrogens (tertiary/aromatic N) is 2. The summed E-state index contributed by atoms with van der Waals surface area (Å²) >= 11 is 3.07. The lowest BCUT2D eigenvalue weighted by Gasteiger charge is -2.06. The molecule has 17 heavy (non-hydrogen) atoms. The summed E-state index contributed by atoms with van der Waals surface area (Å²) in [6, 6.07) is 4.41. The molecule has 0 aliphatic heterocycles. The Morgan fingerprint density at radius 2 is 2.29 bits per heavy atom. The molecule has 0 saturated heterocycles. The highest BCUT2D eigenvalue weighted by molar-refractivity contribution is 9.08. The first-order valence-electron chi connectivity index (χ1n) is 4.41. The zero-order chi connectivity index (χ0) is 13.0. The summed E-state index contributed by atoms with van der Waals surface area (Å²) in [4.78, 5) is 21.6. The van der Waals surface area contributed by atoms with E-state index in [1.54, 1.807) is 0 Å². The number of ether oxygens (including phenoxy) is 1. The lowest BCUT2D eigenvalue weighted by molar-refractivity contribution is -0.385. The van der Waals surface area contributed by atoms with Gasteiger partial charge in [-0.15, -0.1) is 0 Å². The first kappa shape index (κ1) is 13.1. The van der Waals surface area contributed by atoms with Gasteiger partial charge in [0.25, 0.3) is 5.69 Å². The van der Waals surface area contributed by atoms with E-state index in [4.69, 9.17) is 5.26 Å². The first-order valence-corrected chi connectivity index (χ1v) is 5.53. The highest BCUT2D eigenvalue weighted by atomic mass is 79.9. The second kappa shape index (κ2) is 5.41. The van der Waals surface area contributed by atoms with E-state index >= 15 is 0 Å². The molecule has 0 N–H and O–H groups in total. The Kier molecular flexibility index (Phi) is 4.17. The maximum absolute atomic E-state index is 11.4. The van der Waals surface area contributed by atoms with Crippen molar-refractivity contribution in [3.05, 3.63) is 38.9 Å². The predicted molar refractivity (Wildman–Crippen MR) is 61.8 cm³/mol. The lowest BCUT2D eigenvalue weighted by Crippen LogP contribution is -2.08. The molecule has 0 heterocycles. The summed E-state index contributed by atoms with van der Waals surface area (Å²) in [6.45, 7) is 0. The molecule has 1 rings (SSSR count). The topological polar surface area (TPSA) is 93.2 Å². The van der Waals surface area contributed by atoms with Crippen LogP contribution in [0.25, 0.3) is 0 Å². The highest BCUT2D eigenvalue weighted by Gasteiger charge is 2.27. The first-order chi connectivity index (χ1) is 8.06. The van der Waals surface area contributed by atoms with Gasteiger partial charge in [-0.2, -0.15) is 5.26 Å². The number of rotatable bonds is 3. The van der Waals surface area contributed by atoms with Gasteiger partial charge in [-0.05, 0) is 12.1 Å². The minimum absolute atomic E-state index is 0.108. The zero-order valence-corrected chi connectivity index (χ0v) is 10.4. The molecule has 0 unspecified atom stereocenters. The number of benzene rings is 1. The number of nitro groups is 1. The van der Waals surface area contributed by atoms with E-state index in [0.717, 1.165) is 7.11 Å². The molecule has 1 aromatic carbocycles. The third-order valence-corrected chi connectivity index (χ3v) is 2.69. The van der Waals surface area contributed by atoms with Crippen LogP contribution in [-0.2, 0) is 10.1 Å². The average molecular weight is 299 g/mol. The van der Waals surface area contributed by atoms with Gasteiger partial charge in [0, 0.05) is 5.33 Å². The molecule has 7 heteroatoms. The number of carbonyl (C=O) groups excluding carboxylic acids is 1. The molecule has 0 aromatic heterocycles. The van der Waals surface area contributed by atoms with Crippen molar-refractivity contribution in [3.8, 4) is 6.07 Å². The van der Waals surface area contributed by atoms with Gasteiger partial charge >= 0.3 is 5.97 Å². The predicted octanol–water partition coefficient (Wildman–Crippen LogP) is 2.15. The van der Waals surface area contributed by atoms with Crippen LogP contribution in [0.5, 0.6) is 0 Å². The molecule has 0 radical (unpaired) electrons. The van der Waals surface area contributed by atoms with Crippen LogP contribution in [0, 0.1) is 21.4 Å². The smallest absolute Gasteiger partial charge is 0.344 e. The van der Waals surface area contributed by atoms with E-state index < -0.39 is 16.6 Å². The molecule has 1 aromatic rings. The Morgan fingerprint density at radius 3 is 2.71 bits per heavy atom. The minimum Gasteiger partial charge on any atom is -0.465 e. The monoisotopic (exact) mass is 298 g/mol. The van der Waals surface area contributed by atoms with Crippen LogP contribution in [-0.4, -0.2) is 18.0 Å². The molecule has 0 bridgehead atoms. The van der Waals surface area contributed by atoms with Crippen LogP contribution in [0.2, 0.25) is 0 Å². The van der Waals surface area contributed by atoms with E-state index in [9.17, 15) is 14.9 Å². The maximum atomic E-state index is 11.4. The van der Waals surface area contributed by atoms with E-state index in [2.05, 4.69) is 20.7 Å². The Balaban J connectivity index is 3.60. The normalized spacial score (nSPS) is 9.47. The summed E-state index contributed by atoms with van der Waals surface area (Å²) in [5.74, 6) is -0.802. The largest absolute Gasteiger partial charge is 0.465 e. The van der Waals surface area contributed by atoms with Crippen LogP contribution in [0.3, 0.4) is 0 Å². The number of esters is 1. The molecular formula is C10H7BrN2O4.